The van der Waals surface area contributed by atoms with E-state index in [1.54, 1.807) is 0 Å². The number of aromatic nitrogens is 2. The minimum Gasteiger partial charge on any atom is -0.398 e. The largest absolute Gasteiger partial charge is 0.398 e. The number of hydrogen-bond acceptors (Lipinski definition) is 6. The van der Waals surface area contributed by atoms with Gasteiger partial charge in [0.15, 0.2) is 5.13 Å². The molecule has 2 heterocycles. The fourth-order valence-electron chi connectivity index (χ4n) is 2.02. The van der Waals surface area contributed by atoms with Gasteiger partial charge in [-0.3, -0.25) is 9.71 Å². The molecule has 0 radical (unpaired) electrons. The Morgan fingerprint density at radius 3 is 2.95 bits per heavy atom. The molecule has 0 aliphatic heterocycles. The van der Waals surface area contributed by atoms with Gasteiger partial charge >= 0.3 is 0 Å². The molecule has 3 N–H and O–H groups in total. The van der Waals surface area contributed by atoms with E-state index in [1.165, 1.54) is 29.8 Å². The van der Waals surface area contributed by atoms with Crippen LogP contribution in [0.25, 0.3) is 0 Å². The Labute approximate surface area is 114 Å². The van der Waals surface area contributed by atoms with Crippen molar-refractivity contribution in [2.75, 3.05) is 10.5 Å². The smallest absolute Gasteiger partial charge is 0.267 e. The number of hydrogen-bond donors (Lipinski definition) is 2. The number of nitrogens with one attached hydrogen (secondary N) is 1. The lowest BCUT2D eigenvalue weighted by Crippen LogP contribution is -2.15. The lowest BCUT2D eigenvalue weighted by molar-refractivity contribution is 0.601. The molecule has 6 nitrogen and oxygen atoms in total. The number of anilines is 2. The zero-order valence-electron chi connectivity index (χ0n) is 9.96. The molecule has 0 spiro atoms. The molecule has 19 heavy (non-hydrogen) atoms. The van der Waals surface area contributed by atoms with Gasteiger partial charge in [-0.25, -0.2) is 13.4 Å². The van der Waals surface area contributed by atoms with Crippen molar-refractivity contribution in [1.82, 2.24) is 9.97 Å². The van der Waals surface area contributed by atoms with Crippen molar-refractivity contribution in [1.29, 1.82) is 0 Å². The average molecular weight is 296 g/mol. The number of pyridine rings is 1. The molecule has 3 rings (SSSR count). The maximum atomic E-state index is 12.2. The fourth-order valence-corrected chi connectivity index (χ4v) is 4.38. The maximum Gasteiger partial charge on any atom is 0.267 e. The average Bonchev–Trinajstić information content (AvgIpc) is 2.89. The highest BCUT2D eigenvalue weighted by atomic mass is 32.2. The van der Waals surface area contributed by atoms with E-state index in [0.29, 0.717) is 5.13 Å². The number of rotatable bonds is 3. The Hall–Kier alpha value is -1.67. The molecular weight excluding hydrogens is 284 g/mol. The maximum absolute atomic E-state index is 12.2. The molecular formula is C11H12N4O2S2. The van der Waals surface area contributed by atoms with E-state index in [1.807, 2.05) is 0 Å². The molecule has 0 aromatic carbocycles. The highest BCUT2D eigenvalue weighted by molar-refractivity contribution is 7.93. The molecule has 0 fully saturated rings. The van der Waals surface area contributed by atoms with E-state index in [9.17, 15) is 8.42 Å². The van der Waals surface area contributed by atoms with Crippen LogP contribution < -0.4 is 10.5 Å². The first-order valence-electron chi connectivity index (χ1n) is 5.77. The number of fused-ring (bicyclic) bond motifs is 1. The van der Waals surface area contributed by atoms with Gasteiger partial charge in [0.2, 0.25) is 0 Å². The van der Waals surface area contributed by atoms with Gasteiger partial charge in [0, 0.05) is 17.3 Å². The number of aryl methyl sites for hydroxylation is 2. The lowest BCUT2D eigenvalue weighted by Gasteiger charge is -2.06. The van der Waals surface area contributed by atoms with Gasteiger partial charge in [0.25, 0.3) is 10.0 Å². The summed E-state index contributed by atoms with van der Waals surface area (Å²) < 4.78 is 26.8. The molecule has 8 heteroatoms. The summed E-state index contributed by atoms with van der Waals surface area (Å²) in [5.74, 6) is 0. The minimum atomic E-state index is -3.72. The summed E-state index contributed by atoms with van der Waals surface area (Å²) in [6.45, 7) is 0. The van der Waals surface area contributed by atoms with E-state index in [4.69, 9.17) is 5.73 Å². The first-order chi connectivity index (χ1) is 9.06. The van der Waals surface area contributed by atoms with Crippen molar-refractivity contribution in [3.63, 3.8) is 0 Å². The molecule has 1 aliphatic rings. The van der Waals surface area contributed by atoms with E-state index in [0.717, 1.165) is 29.8 Å². The second-order valence-electron chi connectivity index (χ2n) is 4.26. The standard InChI is InChI=1S/C11H12N4O2S2/c12-7-4-5-13-6-10(7)19(16,17)15-11-14-8-2-1-3-9(8)18-11/h4-6H,1-3H2,(H2,12,13)(H,14,15). The van der Waals surface area contributed by atoms with E-state index >= 15 is 0 Å². The third-order valence-electron chi connectivity index (χ3n) is 2.92. The third kappa shape index (κ3) is 2.28. The zero-order chi connectivity index (χ0) is 13.5. The number of nitrogens with two attached hydrogens (primary N) is 1. The molecule has 2 aromatic heterocycles. The van der Waals surface area contributed by atoms with E-state index in [-0.39, 0.29) is 10.6 Å². The second kappa shape index (κ2) is 4.46. The zero-order valence-corrected chi connectivity index (χ0v) is 11.6. The van der Waals surface area contributed by atoms with Gasteiger partial charge in [-0.2, -0.15) is 0 Å². The monoisotopic (exact) mass is 296 g/mol. The Morgan fingerprint density at radius 1 is 1.37 bits per heavy atom. The number of nitrogens with zero attached hydrogens (tertiary/aromatic N) is 2. The van der Waals surface area contributed by atoms with Crippen LogP contribution in [0.1, 0.15) is 17.0 Å². The fraction of sp³-hybridized carbons (Fsp3) is 0.273. The van der Waals surface area contributed by atoms with Crippen molar-refractivity contribution >= 4 is 32.2 Å². The van der Waals surface area contributed by atoms with Crippen LogP contribution in [-0.2, 0) is 22.9 Å². The van der Waals surface area contributed by atoms with Gasteiger partial charge < -0.3 is 5.73 Å². The van der Waals surface area contributed by atoms with E-state index < -0.39 is 10.0 Å². The summed E-state index contributed by atoms with van der Waals surface area (Å²) in [5, 5.41) is 0.396. The summed E-state index contributed by atoms with van der Waals surface area (Å²) in [4.78, 5) is 9.23. The SMILES string of the molecule is Nc1ccncc1S(=O)(=O)Nc1nc2c(s1)CCC2. The van der Waals surface area contributed by atoms with Crippen LogP contribution in [0, 0.1) is 0 Å². The van der Waals surface area contributed by atoms with Crippen LogP contribution in [0.4, 0.5) is 10.8 Å². The van der Waals surface area contributed by atoms with Crippen molar-refractivity contribution in [2.24, 2.45) is 0 Å². The Bertz CT molecular complexity index is 703. The molecule has 0 amide bonds. The summed E-state index contributed by atoms with van der Waals surface area (Å²) in [7, 11) is -3.72. The Morgan fingerprint density at radius 2 is 2.21 bits per heavy atom. The Kier molecular flexibility index (Phi) is 2.90. The molecule has 0 unspecified atom stereocenters. The third-order valence-corrected chi connectivity index (χ3v) is 5.51. The summed E-state index contributed by atoms with van der Waals surface area (Å²) in [5.41, 5.74) is 6.83. The van der Waals surface area contributed by atoms with Crippen molar-refractivity contribution in [2.45, 2.75) is 24.2 Å². The van der Waals surface area contributed by atoms with Crippen LogP contribution in [0.2, 0.25) is 0 Å². The van der Waals surface area contributed by atoms with Crippen LogP contribution >= 0.6 is 11.3 Å². The van der Waals surface area contributed by atoms with Gasteiger partial charge in [-0.15, -0.1) is 11.3 Å². The molecule has 2 aromatic rings. The van der Waals surface area contributed by atoms with Crippen LogP contribution in [0.3, 0.4) is 0 Å². The van der Waals surface area contributed by atoms with Crippen molar-refractivity contribution in [3.05, 3.63) is 29.0 Å². The first-order valence-corrected chi connectivity index (χ1v) is 8.07. The lowest BCUT2D eigenvalue weighted by atomic mass is 10.4. The molecule has 1 aliphatic carbocycles. The minimum absolute atomic E-state index is 0.0228. The summed E-state index contributed by atoms with van der Waals surface area (Å²) in [6.07, 6.45) is 5.67. The molecule has 0 saturated heterocycles. The Balaban J connectivity index is 1.91. The summed E-state index contributed by atoms with van der Waals surface area (Å²) in [6, 6.07) is 1.45. The highest BCUT2D eigenvalue weighted by Crippen LogP contribution is 2.31. The normalized spacial score (nSPS) is 14.3. The first kappa shape index (κ1) is 12.4. The molecule has 0 saturated carbocycles. The predicted octanol–water partition coefficient (Wildman–Crippen LogP) is 1.41. The summed E-state index contributed by atoms with van der Waals surface area (Å²) >= 11 is 1.39. The molecule has 0 atom stereocenters. The van der Waals surface area contributed by atoms with Crippen LogP contribution in [0.5, 0.6) is 0 Å². The van der Waals surface area contributed by atoms with Gasteiger partial charge in [0.1, 0.15) is 4.90 Å². The van der Waals surface area contributed by atoms with E-state index in [2.05, 4.69) is 14.7 Å². The highest BCUT2D eigenvalue weighted by Gasteiger charge is 2.22. The topological polar surface area (TPSA) is 98.0 Å². The number of sulfonamides is 1. The molecule has 100 valence electrons. The van der Waals surface area contributed by atoms with Gasteiger partial charge in [0.05, 0.1) is 11.4 Å². The second-order valence-corrected chi connectivity index (χ2v) is 7.00. The van der Waals surface area contributed by atoms with Crippen LogP contribution in [-0.4, -0.2) is 18.4 Å². The quantitative estimate of drug-likeness (QED) is 0.892. The van der Waals surface area contributed by atoms with Crippen LogP contribution in [0.15, 0.2) is 23.4 Å². The number of thiazole rings is 1. The predicted molar refractivity (Wildman–Crippen MR) is 73.6 cm³/mol. The number of nitrogen functional groups attached to an aromatic ring is 1. The van der Waals surface area contributed by atoms with Gasteiger partial charge in [-0.05, 0) is 25.3 Å². The molecule has 0 bridgehead atoms. The van der Waals surface area contributed by atoms with Gasteiger partial charge in [-0.1, -0.05) is 0 Å². The van der Waals surface area contributed by atoms with Crippen molar-refractivity contribution in [3.8, 4) is 0 Å². The van der Waals surface area contributed by atoms with Crippen molar-refractivity contribution < 1.29 is 8.42 Å².